The SMILES string of the molecule is Cc1cn([C@H]2C[C@H](OP(=O)(O)OC[C@H]3O[C@@H](n4cnc5c(=O)[nH]c(N)nc54)C[C@@H]3OP(=O)(O)OC[C@H]3O[C@@H](n4cnc5c(=O)[nH]c(N)nc54)C[C@@H]3OP(=O)(O)OC[C@H]3O[C@@H](n4cnc5c(=O)[nH]c(N)nc54)C[C@@H]3OP(=O)(O)OC[C@H]3O[C@@H](n4cnc5c(N)ncnc54)C[C@@H]3OP(=O)(O)OC[C@H]3O[C@@H](n4cnc5c(=O)[nH]c(N)nc54)C[C@@H]3O[Si](c3ccccc3)(c3ccccc3)C(C)(C)C)[C@@H](CO)O2)c(=O)[nH]c1=O. The van der Waals surface area contributed by atoms with Crippen LogP contribution in [0.15, 0.2) is 134 Å². The number of fused-ring (bicyclic) bond motifs is 5. The molecule has 61 nitrogen and oxygen atoms in total. The molecule has 143 heavy (non-hydrogen) atoms. The van der Waals surface area contributed by atoms with Crippen molar-refractivity contribution in [2.75, 3.05) is 68.3 Å². The number of ether oxygens (including phenoxy) is 6. The summed E-state index contributed by atoms with van der Waals surface area (Å²) in [7, 11) is -31.3. The van der Waals surface area contributed by atoms with E-state index < -0.39 is 267 Å². The second-order valence-corrected chi connectivity index (χ2v) is 46.2. The Morgan fingerprint density at radius 2 is 0.657 bits per heavy atom. The van der Waals surface area contributed by atoms with Crippen LogP contribution in [0.2, 0.25) is 5.04 Å². The van der Waals surface area contributed by atoms with E-state index in [9.17, 15) is 81.2 Å². The number of aryl methyl sites for hydroxylation is 1. The lowest BCUT2D eigenvalue weighted by molar-refractivity contribution is -0.0639. The van der Waals surface area contributed by atoms with Crippen LogP contribution >= 0.6 is 39.1 Å². The quantitative estimate of drug-likeness (QED) is 0.0185. The molecule has 6 aliphatic rings. The maximum Gasteiger partial charge on any atom is 0.472 e. The number of nitrogen functional groups attached to an aromatic ring is 5. The van der Waals surface area contributed by atoms with Crippen LogP contribution in [0, 0.1) is 6.92 Å². The molecule has 0 radical (unpaired) electrons. The van der Waals surface area contributed by atoms with Crippen molar-refractivity contribution in [3.05, 3.63) is 173 Å². The number of nitrogens with two attached hydrogens (primary N) is 5. The van der Waals surface area contributed by atoms with Crippen LogP contribution in [0.5, 0.6) is 0 Å². The van der Waals surface area contributed by atoms with E-state index in [1.54, 1.807) is 0 Å². The Balaban J connectivity index is 0.566. The summed E-state index contributed by atoms with van der Waals surface area (Å²) >= 11 is 0. The van der Waals surface area contributed by atoms with Crippen LogP contribution in [0.25, 0.3) is 55.8 Å². The minimum Gasteiger partial charge on any atom is -0.402 e. The molecule has 21 N–H and O–H groups in total. The van der Waals surface area contributed by atoms with E-state index in [1.807, 2.05) is 81.4 Å². The molecule has 0 bridgehead atoms. The molecule has 5 unspecified atom stereocenters. The van der Waals surface area contributed by atoms with E-state index in [0.29, 0.717) is 0 Å². The van der Waals surface area contributed by atoms with Crippen LogP contribution in [-0.4, -0.2) is 258 Å². The largest absolute Gasteiger partial charge is 0.472 e. The Bertz CT molecular complexity index is 7620. The number of hydrogen-bond donors (Lipinski definition) is 16. The lowest BCUT2D eigenvalue weighted by atomic mass is 10.2. The van der Waals surface area contributed by atoms with Crippen molar-refractivity contribution in [2.24, 2.45) is 0 Å². The number of nitrogens with one attached hydrogen (secondary N) is 5. The van der Waals surface area contributed by atoms with Gasteiger partial charge in [0.15, 0.2) is 56.1 Å². The maximum atomic E-state index is 14.9. The third-order valence-corrected chi connectivity index (χ3v) is 34.7. The van der Waals surface area contributed by atoms with Gasteiger partial charge in [-0.25, -0.2) is 62.5 Å². The third kappa shape index (κ3) is 20.7. The van der Waals surface area contributed by atoms with Gasteiger partial charge in [0.1, 0.15) is 116 Å². The minimum absolute atomic E-state index is 0.0171. The smallest absolute Gasteiger partial charge is 0.402 e. The van der Waals surface area contributed by atoms with Gasteiger partial charge >= 0.3 is 44.8 Å². The van der Waals surface area contributed by atoms with Crippen molar-refractivity contribution >= 4 is 143 Å². The fourth-order valence-corrected chi connectivity index (χ4v) is 27.6. The van der Waals surface area contributed by atoms with Gasteiger partial charge < -0.3 is 91.1 Å². The molecule has 0 saturated carbocycles. The van der Waals surface area contributed by atoms with Gasteiger partial charge in [-0.3, -0.25) is 122 Å². The molecule has 17 heterocycles. The van der Waals surface area contributed by atoms with E-state index in [-0.39, 0.29) is 98.4 Å². The summed E-state index contributed by atoms with van der Waals surface area (Å²) in [5.41, 5.74) is 24.3. The minimum atomic E-state index is -5.71. The molecule has 6 saturated heterocycles. The number of nitrogens with zero attached hydrogens (tertiary/aromatic N) is 17. The molecule has 13 aromatic rings. The first-order valence-corrected chi connectivity index (χ1v) is 53.1. The first-order chi connectivity index (χ1) is 67.9. The molecule has 6 aliphatic heterocycles. The third-order valence-electron chi connectivity index (χ3n) is 24.6. The number of phosphoric ester groups is 5. The molecular formula is C76H92N27O34P5Si. The first kappa shape index (κ1) is 100. The van der Waals surface area contributed by atoms with Crippen molar-refractivity contribution in [3.63, 3.8) is 0 Å². The standard InChI is InChI=1S/C76H92N27O34P5Si/c1-34-21-98(75(110)97-66(34)105)49-15-37(43(22-104)126-49)132-138(111,112)121-24-45-39(17-51(128-45)100-30-85-56-62(100)89-71(78)93-67(56)106)134-140(115,116)123-26-47-41(19-53(130-47)102-32-87-58-64(102)91-73(80)95-69(58)108)136-141(117,118)124-25-46-40(18-52(129-46)101-31-86-57-63(101)90-72(79)94-68(57)107)135-139(113,114)122-23-44-38(16-50(127-44)99-29-84-55-60(77)82-28-83-61(55)99)133-142(119,120)125-27-48-42(20-54(131-48)103-33-88-59-65(103)92-74(81)96-70(59)109)137-143(76(2,3)4,35-11-7-5-8-12-35)36-13-9-6-10-14-36/h5-14,21,28-33,37-54,104H,15-20,22-27H2,1-4H3,(H,111,112)(H,113,114)(H,115,116)(H,117,118)(H,119,120)(H2,77,82,83)(H,97,105,110)(H3,78,89,93,106)(H3,79,90,94,107)(H3,80,91,95,108)(H3,81,92,96,109)/t37-,38-,39-,40-,41-,42-,43+,44+,45+,46+,47+,48+,49+,50+,51+,52+,53+,54+/m0/s1. The fraction of sp³-hybridized carbons (Fsp3) is 0.461. The lowest BCUT2D eigenvalue weighted by Gasteiger charge is -2.45. The summed E-state index contributed by atoms with van der Waals surface area (Å²) in [5.74, 6) is -1.43. The van der Waals surface area contributed by atoms with Crippen LogP contribution in [0.1, 0.15) is 102 Å². The number of imidazole rings is 5. The number of phosphoric acid groups is 5. The van der Waals surface area contributed by atoms with Crippen LogP contribution in [-0.2, 0) is 101 Å². The highest BCUT2D eigenvalue weighted by Crippen LogP contribution is 2.58. The van der Waals surface area contributed by atoms with Gasteiger partial charge in [0.2, 0.25) is 23.8 Å². The molecule has 11 aromatic heterocycles. The average Bonchev–Trinajstić information content (AvgIpc) is 1.57. The van der Waals surface area contributed by atoms with E-state index in [2.05, 4.69) is 79.7 Å². The van der Waals surface area contributed by atoms with Crippen LogP contribution in [0.4, 0.5) is 29.6 Å². The Morgan fingerprint density at radius 3 is 0.972 bits per heavy atom. The lowest BCUT2D eigenvalue weighted by Crippen LogP contribution is -2.68. The highest BCUT2D eigenvalue weighted by Gasteiger charge is 2.57. The Labute approximate surface area is 800 Å². The molecule has 2 aromatic carbocycles. The summed E-state index contributed by atoms with van der Waals surface area (Å²) in [4.78, 5) is 194. The monoisotopic (exact) mass is 2110 g/mol. The predicted molar refractivity (Wildman–Crippen MR) is 490 cm³/mol. The molecule has 0 aliphatic carbocycles. The van der Waals surface area contributed by atoms with Crippen LogP contribution in [0.3, 0.4) is 0 Å². The Hall–Kier alpha value is -11.5. The number of rotatable bonds is 36. The zero-order valence-electron chi connectivity index (χ0n) is 75.0. The molecule has 19 rings (SSSR count). The molecule has 764 valence electrons. The summed E-state index contributed by atoms with van der Waals surface area (Å²) in [6.07, 6.45) is -20.9. The van der Waals surface area contributed by atoms with Gasteiger partial charge in [0.05, 0.1) is 77.4 Å². The summed E-state index contributed by atoms with van der Waals surface area (Å²) in [5, 5.41) is 11.4. The van der Waals surface area contributed by atoms with Gasteiger partial charge in [-0.1, -0.05) is 81.4 Å². The van der Waals surface area contributed by atoms with E-state index >= 15 is 0 Å². The summed E-state index contributed by atoms with van der Waals surface area (Å²) in [6.45, 7) is 1.66. The van der Waals surface area contributed by atoms with E-state index in [1.165, 1.54) is 44.0 Å². The van der Waals surface area contributed by atoms with Crippen molar-refractivity contribution in [1.29, 1.82) is 0 Å². The molecule has 0 spiro atoms. The number of anilines is 5. The average molecular weight is 2110 g/mol. The fourth-order valence-electron chi connectivity index (χ4n) is 18.1. The Kier molecular flexibility index (Phi) is 27.4. The number of aliphatic hydroxyl groups is 1. The number of H-pyrrole nitrogens is 5. The molecule has 67 heteroatoms. The topological polar surface area (TPSA) is 846 Å². The van der Waals surface area contributed by atoms with Crippen molar-refractivity contribution in [3.8, 4) is 0 Å². The number of aromatic amines is 5. The van der Waals surface area contributed by atoms with Gasteiger partial charge in [-0.05, 0) is 22.3 Å². The zero-order valence-corrected chi connectivity index (χ0v) is 80.5. The first-order valence-electron chi connectivity index (χ1n) is 43.7. The highest BCUT2D eigenvalue weighted by atomic mass is 31.2. The second-order valence-electron chi connectivity index (χ2n) is 34.9. The van der Waals surface area contributed by atoms with Crippen molar-refractivity contribution in [1.82, 2.24) is 107 Å². The molecule has 23 atom stereocenters. The van der Waals surface area contributed by atoms with Gasteiger partial charge in [-0.15, -0.1) is 0 Å². The molecule has 6 fully saturated rings. The summed E-state index contributed by atoms with van der Waals surface area (Å²) < 4.78 is 183. The van der Waals surface area contributed by atoms with Crippen LogP contribution < -0.4 is 72.5 Å². The maximum absolute atomic E-state index is 14.9. The molecule has 0 amide bonds. The van der Waals surface area contributed by atoms with E-state index in [0.717, 1.165) is 44.8 Å². The predicted octanol–water partition coefficient (Wildman–Crippen LogP) is 0.302. The number of benzene rings is 2. The van der Waals surface area contributed by atoms with Gasteiger partial charge in [0.25, 0.3) is 36.1 Å². The van der Waals surface area contributed by atoms with Crippen molar-refractivity contribution < 1.29 is 130 Å². The van der Waals surface area contributed by atoms with E-state index in [4.69, 9.17) is 107 Å². The van der Waals surface area contributed by atoms with Crippen molar-refractivity contribution in [2.45, 2.75) is 182 Å². The number of aromatic nitrogens is 22. The second kappa shape index (κ2) is 39.1. The summed E-state index contributed by atoms with van der Waals surface area (Å²) in [6, 6.07) is 19.1. The van der Waals surface area contributed by atoms with Gasteiger partial charge in [-0.2, -0.15) is 19.9 Å². The normalized spacial score (nSPS) is 27.1. The Morgan fingerprint density at radius 1 is 0.378 bits per heavy atom. The molecular weight excluding hydrogens is 2020 g/mol. The highest BCUT2D eigenvalue weighted by molar-refractivity contribution is 7.48. The zero-order chi connectivity index (χ0) is 101. The van der Waals surface area contributed by atoms with Gasteiger partial charge in [0, 0.05) is 50.3 Å². The number of hydrogen-bond acceptors (Lipinski definition) is 45. The number of aliphatic hydroxyl groups excluding tert-OH is 1.